The van der Waals surface area contributed by atoms with Gasteiger partial charge in [0.25, 0.3) is 0 Å². The number of nitriles is 1. The molecule has 1 amide bonds. The molecule has 4 aromatic rings. The molecule has 0 bridgehead atoms. The van der Waals surface area contributed by atoms with Crippen molar-refractivity contribution in [3.05, 3.63) is 41.0 Å². The Hall–Kier alpha value is -4.43. The van der Waals surface area contributed by atoms with Crippen LogP contribution in [-0.4, -0.2) is 89.4 Å². The maximum atomic E-state index is 17.0. The van der Waals surface area contributed by atoms with Gasteiger partial charge in [-0.15, -0.1) is 11.3 Å². The van der Waals surface area contributed by atoms with E-state index in [-0.39, 0.29) is 59.1 Å². The standard InChI is InChI=1S/C33H30F7N7O2S/c1-15(48)46-12-22(36)23(13-46)45(2)30-18-8-20(33(38,39)40)25(17-4-5-21(35)28-24(17)19(10-41)29(42)50-28)26(37)27(18)43-31(44-30)49-14-32-6-3-7-47(32)11-16(34)9-32/h4-5,8,16,22-23H,3,6-7,9,11-14,42H2,1-2H3/t16-,22+,23+,32+/m1/s1. The molecule has 5 heterocycles. The molecule has 17 heteroatoms. The minimum atomic E-state index is -5.19. The molecule has 4 atom stereocenters. The first kappa shape index (κ1) is 34.0. The van der Waals surface area contributed by atoms with Crippen molar-refractivity contribution in [2.75, 3.05) is 50.5 Å². The molecule has 3 aliphatic rings. The number of likely N-dealkylation sites (tertiary alicyclic amines) is 1. The second-order valence-electron chi connectivity index (χ2n) is 13.1. The van der Waals surface area contributed by atoms with Crippen molar-refractivity contribution in [1.82, 2.24) is 19.8 Å². The number of halogens is 7. The van der Waals surface area contributed by atoms with E-state index in [0.717, 1.165) is 18.6 Å². The Morgan fingerprint density at radius 1 is 1.22 bits per heavy atom. The third kappa shape index (κ3) is 5.43. The minimum Gasteiger partial charge on any atom is -0.461 e. The van der Waals surface area contributed by atoms with Crippen molar-refractivity contribution in [1.29, 1.82) is 5.26 Å². The number of hydrogen-bond acceptors (Lipinski definition) is 9. The van der Waals surface area contributed by atoms with Crippen LogP contribution in [0.4, 0.5) is 41.6 Å². The fourth-order valence-corrected chi connectivity index (χ4v) is 8.64. The van der Waals surface area contributed by atoms with Crippen molar-refractivity contribution in [2.24, 2.45) is 0 Å². The number of aromatic nitrogens is 2. The van der Waals surface area contributed by atoms with Crippen molar-refractivity contribution < 1.29 is 40.3 Å². The van der Waals surface area contributed by atoms with Crippen LogP contribution in [0.15, 0.2) is 18.2 Å². The topological polar surface area (TPSA) is 112 Å². The lowest BCUT2D eigenvalue weighted by atomic mass is 9.92. The molecule has 2 N–H and O–H groups in total. The van der Waals surface area contributed by atoms with E-state index in [1.54, 1.807) is 6.07 Å². The highest BCUT2D eigenvalue weighted by Gasteiger charge is 2.49. The second kappa shape index (κ2) is 12.1. The molecule has 2 aromatic heterocycles. The molecule has 0 spiro atoms. The summed E-state index contributed by atoms with van der Waals surface area (Å²) in [6, 6.07) is 2.71. The SMILES string of the molecule is CC(=O)N1C[C@H](F)[C@@H](N(C)c2nc(OC[C@@]34CCCN3C[C@H](F)C4)nc3c(F)c(-c4ccc(F)c5sc(N)c(C#N)c45)c(C(F)(F)F)cc23)C1. The van der Waals surface area contributed by atoms with Crippen LogP contribution in [0.3, 0.4) is 0 Å². The van der Waals surface area contributed by atoms with Gasteiger partial charge in [-0.1, -0.05) is 6.07 Å². The lowest BCUT2D eigenvalue weighted by molar-refractivity contribution is -0.137. The number of rotatable bonds is 6. The fourth-order valence-electron chi connectivity index (χ4n) is 7.69. The summed E-state index contributed by atoms with van der Waals surface area (Å²) in [6.45, 7) is 1.63. The lowest BCUT2D eigenvalue weighted by Crippen LogP contribution is -2.43. The number of benzene rings is 2. The average molecular weight is 722 g/mol. The smallest absolute Gasteiger partial charge is 0.417 e. The number of carbonyl (C=O) groups excluding carboxylic acids is 1. The molecule has 0 saturated carbocycles. The van der Waals surface area contributed by atoms with Gasteiger partial charge in [-0.25, -0.2) is 17.6 Å². The Balaban J connectivity index is 1.45. The van der Waals surface area contributed by atoms with E-state index in [1.807, 2.05) is 4.90 Å². The summed E-state index contributed by atoms with van der Waals surface area (Å²) in [5, 5.41) is 8.90. The van der Waals surface area contributed by atoms with Crippen LogP contribution in [0.1, 0.15) is 37.3 Å². The van der Waals surface area contributed by atoms with E-state index in [4.69, 9.17) is 10.5 Å². The highest BCUT2D eigenvalue weighted by atomic mass is 32.1. The molecule has 7 rings (SSSR count). The van der Waals surface area contributed by atoms with E-state index in [0.29, 0.717) is 30.4 Å². The predicted molar refractivity (Wildman–Crippen MR) is 172 cm³/mol. The van der Waals surface area contributed by atoms with Gasteiger partial charge in [0.1, 0.15) is 47.2 Å². The zero-order chi connectivity index (χ0) is 35.9. The molecule has 2 aromatic carbocycles. The molecule has 3 fully saturated rings. The Morgan fingerprint density at radius 2 is 1.98 bits per heavy atom. The van der Waals surface area contributed by atoms with Gasteiger partial charge in [0, 0.05) is 49.8 Å². The molecular formula is C33H30F7N7O2S. The summed E-state index contributed by atoms with van der Waals surface area (Å²) >= 11 is 0.643. The molecule has 9 nitrogen and oxygen atoms in total. The normalized spacial score (nSPS) is 23.9. The van der Waals surface area contributed by atoms with Crippen molar-refractivity contribution >= 4 is 49.1 Å². The maximum Gasteiger partial charge on any atom is 0.417 e. The molecule has 0 unspecified atom stereocenters. The maximum absolute atomic E-state index is 17.0. The summed E-state index contributed by atoms with van der Waals surface area (Å²) in [6.07, 6.45) is -6.34. The first-order valence-electron chi connectivity index (χ1n) is 15.8. The Bertz CT molecular complexity index is 2090. The number of ether oxygens (including phenoxy) is 1. The van der Waals surface area contributed by atoms with Gasteiger partial charge in [-0.05, 0) is 37.1 Å². The van der Waals surface area contributed by atoms with E-state index < -0.39 is 81.2 Å². The van der Waals surface area contributed by atoms with E-state index in [1.165, 1.54) is 23.8 Å². The van der Waals surface area contributed by atoms with Gasteiger partial charge in [0.15, 0.2) is 5.82 Å². The number of nitrogens with zero attached hydrogens (tertiary/aromatic N) is 6. The zero-order valence-corrected chi connectivity index (χ0v) is 27.6. The number of likely N-dealkylation sites (N-methyl/N-ethyl adjacent to an activating group) is 1. The lowest BCUT2D eigenvalue weighted by Gasteiger charge is -2.31. The fraction of sp³-hybridized carbons (Fsp3) is 0.455. The summed E-state index contributed by atoms with van der Waals surface area (Å²) in [7, 11) is 1.37. The van der Waals surface area contributed by atoms with Crippen molar-refractivity contribution in [3.63, 3.8) is 0 Å². The number of carbonyl (C=O) groups is 1. The number of hydrogen-bond donors (Lipinski definition) is 1. The minimum absolute atomic E-state index is 0.0945. The van der Waals surface area contributed by atoms with Gasteiger partial charge in [0.2, 0.25) is 5.91 Å². The van der Waals surface area contributed by atoms with Gasteiger partial charge < -0.3 is 20.3 Å². The zero-order valence-electron chi connectivity index (χ0n) is 26.8. The van der Waals surface area contributed by atoms with Crippen LogP contribution in [0.2, 0.25) is 0 Å². The number of anilines is 2. The molecule has 3 aliphatic heterocycles. The Morgan fingerprint density at radius 3 is 2.66 bits per heavy atom. The predicted octanol–water partition coefficient (Wildman–Crippen LogP) is 6.22. The van der Waals surface area contributed by atoms with Crippen LogP contribution in [-0.2, 0) is 11.0 Å². The molecule has 264 valence electrons. The number of amides is 1. The Kier molecular flexibility index (Phi) is 8.25. The summed E-state index contributed by atoms with van der Waals surface area (Å²) in [5.41, 5.74) is 1.38. The first-order chi connectivity index (χ1) is 23.6. The van der Waals surface area contributed by atoms with E-state index in [2.05, 4.69) is 9.97 Å². The van der Waals surface area contributed by atoms with Crippen LogP contribution in [0, 0.1) is 23.0 Å². The van der Waals surface area contributed by atoms with Crippen LogP contribution >= 0.6 is 11.3 Å². The summed E-state index contributed by atoms with van der Waals surface area (Å²) in [5.74, 6) is -3.04. The van der Waals surface area contributed by atoms with E-state index >= 15 is 8.78 Å². The molecule has 3 saturated heterocycles. The molecule has 0 aliphatic carbocycles. The number of fused-ring (bicyclic) bond motifs is 3. The number of nitrogens with two attached hydrogens (primary N) is 1. The van der Waals surface area contributed by atoms with Crippen LogP contribution in [0.5, 0.6) is 6.01 Å². The first-order valence-corrected chi connectivity index (χ1v) is 16.6. The largest absolute Gasteiger partial charge is 0.461 e. The van der Waals surface area contributed by atoms with Gasteiger partial charge in [0.05, 0.1) is 34.0 Å². The number of alkyl halides is 5. The van der Waals surface area contributed by atoms with Gasteiger partial charge >= 0.3 is 12.2 Å². The number of nitrogen functional groups attached to an aromatic ring is 1. The van der Waals surface area contributed by atoms with Crippen molar-refractivity contribution in [3.8, 4) is 23.2 Å². The highest BCUT2D eigenvalue weighted by Crippen LogP contribution is 2.48. The number of thiophene rings is 1. The van der Waals surface area contributed by atoms with Gasteiger partial charge in [-0.2, -0.15) is 28.4 Å². The third-order valence-corrected chi connectivity index (χ3v) is 11.1. The van der Waals surface area contributed by atoms with Gasteiger partial charge in [-0.3, -0.25) is 9.69 Å². The quantitative estimate of drug-likeness (QED) is 0.234. The van der Waals surface area contributed by atoms with Crippen LogP contribution in [0.25, 0.3) is 32.1 Å². The summed E-state index contributed by atoms with van der Waals surface area (Å²) < 4.78 is 112. The monoisotopic (exact) mass is 721 g/mol. The highest BCUT2D eigenvalue weighted by molar-refractivity contribution is 7.23. The third-order valence-electron chi connectivity index (χ3n) is 10.1. The molecule has 0 radical (unpaired) electrons. The molecule has 50 heavy (non-hydrogen) atoms. The Labute approximate surface area is 285 Å². The van der Waals surface area contributed by atoms with E-state index in [9.17, 15) is 32.0 Å². The second-order valence-corrected chi connectivity index (χ2v) is 14.1. The molecular weight excluding hydrogens is 691 g/mol. The average Bonchev–Trinajstić information content (AvgIpc) is 3.80. The van der Waals surface area contributed by atoms with Crippen LogP contribution < -0.4 is 15.4 Å². The van der Waals surface area contributed by atoms with Crippen molar-refractivity contribution in [2.45, 2.75) is 56.3 Å². The summed E-state index contributed by atoms with van der Waals surface area (Å²) in [4.78, 5) is 25.1.